The average molecular weight is 403 g/mol. The lowest BCUT2D eigenvalue weighted by Gasteiger charge is -2.60. The van der Waals surface area contributed by atoms with Gasteiger partial charge in [0.25, 0.3) is 0 Å². The van der Waals surface area contributed by atoms with Gasteiger partial charge in [-0.25, -0.2) is 0 Å². The Bertz CT molecular complexity index is 624. The Balaban J connectivity index is 1.54. The summed E-state index contributed by atoms with van der Waals surface area (Å²) in [5.74, 6) is 4.23. The molecule has 2 heteroatoms. The molecule has 0 spiro atoms. The van der Waals surface area contributed by atoms with Crippen LogP contribution in [-0.2, 0) is 0 Å². The van der Waals surface area contributed by atoms with Gasteiger partial charge in [0.05, 0.1) is 12.2 Å². The van der Waals surface area contributed by atoms with Crippen LogP contribution in [0.3, 0.4) is 0 Å². The summed E-state index contributed by atoms with van der Waals surface area (Å²) in [5.41, 5.74) is 1.82. The van der Waals surface area contributed by atoms with Crippen LogP contribution in [0.2, 0.25) is 0 Å². The number of hydrogen-bond acceptors (Lipinski definition) is 2. The number of hydrogen-bond donors (Lipinski definition) is 2. The molecule has 3 saturated carbocycles. The molecule has 0 aromatic heterocycles. The van der Waals surface area contributed by atoms with Crippen molar-refractivity contribution in [2.75, 3.05) is 0 Å². The van der Waals surface area contributed by atoms with Gasteiger partial charge in [-0.3, -0.25) is 0 Å². The van der Waals surface area contributed by atoms with Crippen LogP contribution < -0.4 is 0 Å². The molecule has 0 saturated heterocycles. The van der Waals surface area contributed by atoms with Gasteiger partial charge in [-0.05, 0) is 91.3 Å². The maximum Gasteiger partial charge on any atom is 0.0602 e. The molecule has 0 radical (unpaired) electrons. The normalized spacial score (nSPS) is 47.9. The topological polar surface area (TPSA) is 40.5 Å². The quantitative estimate of drug-likeness (QED) is 0.525. The summed E-state index contributed by atoms with van der Waals surface area (Å²) >= 11 is 0. The molecule has 0 aromatic carbocycles. The minimum Gasteiger partial charge on any atom is -0.393 e. The van der Waals surface area contributed by atoms with Crippen molar-refractivity contribution in [1.29, 1.82) is 0 Å². The fourth-order valence-corrected chi connectivity index (χ4v) is 8.62. The molecular formula is C27H46O2. The maximum absolute atomic E-state index is 11.6. The fraction of sp³-hybridized carbons (Fsp3) is 0.926. The first kappa shape index (κ1) is 21.9. The highest BCUT2D eigenvalue weighted by Gasteiger charge is 2.62. The zero-order valence-corrected chi connectivity index (χ0v) is 19.7. The fourth-order valence-electron chi connectivity index (χ4n) is 8.62. The first-order valence-corrected chi connectivity index (χ1v) is 12.7. The first-order chi connectivity index (χ1) is 13.7. The highest BCUT2D eigenvalue weighted by Crippen LogP contribution is 2.67. The largest absolute Gasteiger partial charge is 0.393 e. The Morgan fingerprint density at radius 2 is 1.79 bits per heavy atom. The maximum atomic E-state index is 11.6. The van der Waals surface area contributed by atoms with Crippen molar-refractivity contribution in [1.82, 2.24) is 0 Å². The highest BCUT2D eigenvalue weighted by atomic mass is 16.3. The van der Waals surface area contributed by atoms with E-state index >= 15 is 0 Å². The standard InChI is InChI=1S/C27H46O2/c1-17(2)7-6-8-18(3)22-11-12-23-21-10-9-19-15-20(28)13-14-26(19,4)24(21)16-25(29)27(22,23)5/h9,17-18,20-25,28-29H,6-8,10-16H2,1-5H3/t18-,20+,21+,22-,23+,24+,25+,26+,27-/m1/s1. The Morgan fingerprint density at radius 1 is 1.03 bits per heavy atom. The van der Waals surface area contributed by atoms with Crippen molar-refractivity contribution in [2.45, 2.75) is 111 Å². The van der Waals surface area contributed by atoms with Crippen LogP contribution in [0, 0.1) is 46.3 Å². The van der Waals surface area contributed by atoms with Crippen molar-refractivity contribution < 1.29 is 10.2 Å². The molecule has 0 heterocycles. The third-order valence-corrected chi connectivity index (χ3v) is 10.4. The lowest BCUT2D eigenvalue weighted by molar-refractivity contribution is -0.136. The summed E-state index contributed by atoms with van der Waals surface area (Å²) in [5, 5.41) is 21.8. The molecule has 0 amide bonds. The van der Waals surface area contributed by atoms with Gasteiger partial charge in [-0.1, -0.05) is 65.5 Å². The summed E-state index contributed by atoms with van der Waals surface area (Å²) < 4.78 is 0. The van der Waals surface area contributed by atoms with Gasteiger partial charge in [0.1, 0.15) is 0 Å². The number of fused-ring (bicyclic) bond motifs is 5. The number of aliphatic hydroxyl groups excluding tert-OH is 2. The van der Waals surface area contributed by atoms with Crippen molar-refractivity contribution in [3.63, 3.8) is 0 Å². The van der Waals surface area contributed by atoms with Gasteiger partial charge in [0, 0.05) is 0 Å². The first-order valence-electron chi connectivity index (χ1n) is 12.7. The molecule has 3 fully saturated rings. The van der Waals surface area contributed by atoms with Crippen molar-refractivity contribution in [2.24, 2.45) is 46.3 Å². The van der Waals surface area contributed by atoms with Crippen LogP contribution >= 0.6 is 0 Å². The Morgan fingerprint density at radius 3 is 2.52 bits per heavy atom. The molecule has 0 aromatic rings. The molecule has 2 N–H and O–H groups in total. The van der Waals surface area contributed by atoms with Gasteiger partial charge in [-0.15, -0.1) is 0 Å². The number of aliphatic hydroxyl groups is 2. The van der Waals surface area contributed by atoms with Gasteiger partial charge < -0.3 is 10.2 Å². The molecule has 4 aliphatic carbocycles. The van der Waals surface area contributed by atoms with Gasteiger partial charge in [-0.2, -0.15) is 0 Å². The van der Waals surface area contributed by atoms with E-state index in [2.05, 4.69) is 40.7 Å². The van der Waals surface area contributed by atoms with Crippen LogP contribution in [0.15, 0.2) is 11.6 Å². The second kappa shape index (κ2) is 7.97. The van der Waals surface area contributed by atoms with E-state index < -0.39 is 0 Å². The molecule has 0 unspecified atom stereocenters. The van der Waals surface area contributed by atoms with Gasteiger partial charge >= 0.3 is 0 Å². The second-order valence-corrected chi connectivity index (χ2v) is 12.3. The van der Waals surface area contributed by atoms with Crippen molar-refractivity contribution in [3.8, 4) is 0 Å². The van der Waals surface area contributed by atoms with E-state index in [9.17, 15) is 10.2 Å². The van der Waals surface area contributed by atoms with E-state index in [1.54, 1.807) is 0 Å². The smallest absolute Gasteiger partial charge is 0.0602 e. The van der Waals surface area contributed by atoms with E-state index in [1.165, 1.54) is 44.1 Å². The van der Waals surface area contributed by atoms with E-state index in [4.69, 9.17) is 0 Å². The molecule has 2 nitrogen and oxygen atoms in total. The van der Waals surface area contributed by atoms with E-state index in [0.29, 0.717) is 17.8 Å². The van der Waals surface area contributed by atoms with Gasteiger partial charge in [0.2, 0.25) is 0 Å². The third kappa shape index (κ3) is 3.55. The molecule has 166 valence electrons. The molecule has 9 atom stereocenters. The van der Waals surface area contributed by atoms with Crippen LogP contribution in [0.25, 0.3) is 0 Å². The average Bonchev–Trinajstić information content (AvgIpc) is 3.02. The zero-order chi connectivity index (χ0) is 21.0. The van der Waals surface area contributed by atoms with Crippen LogP contribution in [-0.4, -0.2) is 22.4 Å². The molecule has 4 aliphatic rings. The predicted octanol–water partition coefficient (Wildman–Crippen LogP) is 6.36. The minimum atomic E-state index is -0.156. The second-order valence-electron chi connectivity index (χ2n) is 12.3. The monoisotopic (exact) mass is 402 g/mol. The Hall–Kier alpha value is -0.340. The minimum absolute atomic E-state index is 0.105. The molecule has 0 bridgehead atoms. The predicted molar refractivity (Wildman–Crippen MR) is 120 cm³/mol. The molecular weight excluding hydrogens is 356 g/mol. The summed E-state index contributed by atoms with van der Waals surface area (Å²) in [7, 11) is 0. The Kier molecular flexibility index (Phi) is 6.01. The van der Waals surface area contributed by atoms with E-state index in [1.807, 2.05) is 0 Å². The summed E-state index contributed by atoms with van der Waals surface area (Å²) in [6.45, 7) is 12.1. The Labute approximate surface area is 179 Å². The van der Waals surface area contributed by atoms with Crippen molar-refractivity contribution in [3.05, 3.63) is 11.6 Å². The summed E-state index contributed by atoms with van der Waals surface area (Å²) in [4.78, 5) is 0. The molecule has 4 rings (SSSR count). The highest BCUT2D eigenvalue weighted by molar-refractivity contribution is 5.26. The van der Waals surface area contributed by atoms with Gasteiger partial charge in [0.15, 0.2) is 0 Å². The lowest BCUT2D eigenvalue weighted by Crippen LogP contribution is -2.56. The van der Waals surface area contributed by atoms with E-state index in [0.717, 1.165) is 43.4 Å². The van der Waals surface area contributed by atoms with E-state index in [-0.39, 0.29) is 23.0 Å². The summed E-state index contributed by atoms with van der Waals surface area (Å²) in [6, 6.07) is 0. The van der Waals surface area contributed by atoms with Crippen LogP contribution in [0.1, 0.15) is 98.8 Å². The number of rotatable bonds is 5. The molecule has 0 aliphatic heterocycles. The SMILES string of the molecule is CC(C)CCC[C@@H](C)[C@H]1CC[C@H]2[C@@H]3CC=C4C[C@@H](O)CC[C@]4(C)[C@H]3C[C@H](O)[C@]12C. The summed E-state index contributed by atoms with van der Waals surface area (Å²) in [6.07, 6.45) is 13.9. The lowest BCUT2D eigenvalue weighted by atomic mass is 9.46. The molecule has 29 heavy (non-hydrogen) atoms. The van der Waals surface area contributed by atoms with Crippen LogP contribution in [0.5, 0.6) is 0 Å². The zero-order valence-electron chi connectivity index (χ0n) is 19.7. The number of allylic oxidation sites excluding steroid dienone is 1. The third-order valence-electron chi connectivity index (χ3n) is 10.4. The van der Waals surface area contributed by atoms with Crippen molar-refractivity contribution >= 4 is 0 Å². The van der Waals surface area contributed by atoms with Crippen LogP contribution in [0.4, 0.5) is 0 Å².